The first-order chi connectivity index (χ1) is 10.1. The highest BCUT2D eigenvalue weighted by molar-refractivity contribution is 6.31. The number of hydrogen-bond acceptors (Lipinski definition) is 4. The second-order valence-corrected chi connectivity index (χ2v) is 5.18. The molecule has 1 aliphatic heterocycles. The molecule has 0 aromatic heterocycles. The largest absolute Gasteiger partial charge is 0.360 e. The fourth-order valence-electron chi connectivity index (χ4n) is 2.09. The summed E-state index contributed by atoms with van der Waals surface area (Å²) < 4.78 is 0. The van der Waals surface area contributed by atoms with E-state index >= 15 is 0 Å². The SMILES string of the molecule is Cc1c(Cl)cccc1N/C=C(/C#N)C(=O)N1CCNCC1. The van der Waals surface area contributed by atoms with Gasteiger partial charge in [-0.15, -0.1) is 0 Å². The molecule has 110 valence electrons. The number of rotatable bonds is 3. The standard InChI is InChI=1S/C15H17ClN4O/c1-11-13(16)3-2-4-14(11)19-10-12(9-17)15(21)20-7-5-18-6-8-20/h2-4,10,18-19H,5-8H2,1H3/b12-10-. The van der Waals surface area contributed by atoms with Gasteiger partial charge in [0.15, 0.2) is 0 Å². The van der Waals surface area contributed by atoms with Gasteiger partial charge in [0.25, 0.3) is 5.91 Å². The minimum atomic E-state index is -0.244. The molecule has 0 saturated carbocycles. The number of nitrogens with one attached hydrogen (secondary N) is 2. The van der Waals surface area contributed by atoms with Crippen LogP contribution in [0.5, 0.6) is 0 Å². The molecule has 0 spiro atoms. The van der Waals surface area contributed by atoms with E-state index in [-0.39, 0.29) is 11.5 Å². The van der Waals surface area contributed by atoms with Crippen LogP contribution in [-0.4, -0.2) is 37.0 Å². The Kier molecular flexibility index (Phi) is 5.20. The Morgan fingerprint density at radius 2 is 2.19 bits per heavy atom. The second-order valence-electron chi connectivity index (χ2n) is 4.77. The van der Waals surface area contributed by atoms with Gasteiger partial charge in [-0.2, -0.15) is 5.26 Å². The summed E-state index contributed by atoms with van der Waals surface area (Å²) in [5, 5.41) is 16.0. The van der Waals surface area contributed by atoms with Crippen molar-refractivity contribution >= 4 is 23.2 Å². The van der Waals surface area contributed by atoms with Crippen molar-refractivity contribution in [2.24, 2.45) is 0 Å². The van der Waals surface area contributed by atoms with Crippen LogP contribution in [0.4, 0.5) is 5.69 Å². The van der Waals surface area contributed by atoms with Gasteiger partial charge in [0.2, 0.25) is 0 Å². The lowest BCUT2D eigenvalue weighted by molar-refractivity contribution is -0.127. The van der Waals surface area contributed by atoms with Gasteiger partial charge in [0.05, 0.1) is 0 Å². The minimum Gasteiger partial charge on any atom is -0.360 e. The van der Waals surface area contributed by atoms with Crippen molar-refractivity contribution in [3.8, 4) is 6.07 Å². The summed E-state index contributed by atoms with van der Waals surface area (Å²) in [6.07, 6.45) is 1.45. The lowest BCUT2D eigenvalue weighted by Crippen LogP contribution is -2.46. The summed E-state index contributed by atoms with van der Waals surface area (Å²) in [6.45, 7) is 4.63. The molecule has 2 rings (SSSR count). The van der Waals surface area contributed by atoms with Gasteiger partial charge in [0.1, 0.15) is 11.6 Å². The average Bonchev–Trinajstić information content (AvgIpc) is 2.52. The molecule has 1 aromatic rings. The lowest BCUT2D eigenvalue weighted by atomic mass is 10.2. The average molecular weight is 305 g/mol. The smallest absolute Gasteiger partial charge is 0.266 e. The zero-order valence-corrected chi connectivity index (χ0v) is 12.6. The predicted octanol–water partition coefficient (Wildman–Crippen LogP) is 1.90. The molecule has 6 heteroatoms. The molecule has 0 radical (unpaired) electrons. The Balaban J connectivity index is 2.11. The molecular weight excluding hydrogens is 288 g/mol. The molecule has 5 nitrogen and oxygen atoms in total. The highest BCUT2D eigenvalue weighted by Crippen LogP contribution is 2.23. The molecule has 0 bridgehead atoms. The fraction of sp³-hybridized carbons (Fsp3) is 0.333. The summed E-state index contributed by atoms with van der Waals surface area (Å²) in [4.78, 5) is 13.9. The normalized spacial score (nSPS) is 15.5. The highest BCUT2D eigenvalue weighted by atomic mass is 35.5. The van der Waals surface area contributed by atoms with E-state index in [0.29, 0.717) is 18.1 Å². The van der Waals surface area contributed by atoms with Crippen LogP contribution in [0.1, 0.15) is 5.56 Å². The monoisotopic (exact) mass is 304 g/mol. The number of carbonyl (C=O) groups is 1. The van der Waals surface area contributed by atoms with Crippen LogP contribution in [0.25, 0.3) is 0 Å². The van der Waals surface area contributed by atoms with Crippen LogP contribution in [0.15, 0.2) is 30.0 Å². The van der Waals surface area contributed by atoms with Crippen LogP contribution in [0.3, 0.4) is 0 Å². The molecule has 1 aromatic carbocycles. The van der Waals surface area contributed by atoms with Crippen molar-refractivity contribution in [2.75, 3.05) is 31.5 Å². The third-order valence-electron chi connectivity index (χ3n) is 3.39. The van der Waals surface area contributed by atoms with Gasteiger partial charge in [-0.3, -0.25) is 4.79 Å². The molecule has 21 heavy (non-hydrogen) atoms. The van der Waals surface area contributed by atoms with E-state index in [2.05, 4.69) is 10.6 Å². The summed E-state index contributed by atoms with van der Waals surface area (Å²) in [5.74, 6) is -0.244. The number of amides is 1. The highest BCUT2D eigenvalue weighted by Gasteiger charge is 2.19. The number of benzene rings is 1. The lowest BCUT2D eigenvalue weighted by Gasteiger charge is -2.27. The number of anilines is 1. The summed E-state index contributed by atoms with van der Waals surface area (Å²) in [6, 6.07) is 7.42. The first-order valence-electron chi connectivity index (χ1n) is 6.75. The molecule has 1 saturated heterocycles. The third kappa shape index (κ3) is 3.75. The van der Waals surface area contributed by atoms with E-state index in [0.717, 1.165) is 24.3 Å². The molecule has 0 aliphatic carbocycles. The molecule has 1 fully saturated rings. The number of halogens is 1. The molecule has 0 atom stereocenters. The van der Waals surface area contributed by atoms with Crippen LogP contribution < -0.4 is 10.6 Å². The van der Waals surface area contributed by atoms with Crippen molar-refractivity contribution in [1.29, 1.82) is 5.26 Å². The summed E-state index contributed by atoms with van der Waals surface area (Å²) in [7, 11) is 0. The Morgan fingerprint density at radius 1 is 1.48 bits per heavy atom. The Morgan fingerprint density at radius 3 is 2.86 bits per heavy atom. The van der Waals surface area contributed by atoms with Gasteiger partial charge >= 0.3 is 0 Å². The van der Waals surface area contributed by atoms with Gasteiger partial charge in [0, 0.05) is 43.1 Å². The zero-order chi connectivity index (χ0) is 15.2. The first kappa shape index (κ1) is 15.4. The maximum atomic E-state index is 12.2. The van der Waals surface area contributed by atoms with Crippen molar-refractivity contribution < 1.29 is 4.79 Å². The Hall–Kier alpha value is -2.03. The Labute approximate surface area is 129 Å². The van der Waals surface area contributed by atoms with E-state index in [9.17, 15) is 10.1 Å². The number of hydrogen-bond donors (Lipinski definition) is 2. The van der Waals surface area contributed by atoms with Gasteiger partial charge in [-0.05, 0) is 24.6 Å². The van der Waals surface area contributed by atoms with Crippen molar-refractivity contribution in [2.45, 2.75) is 6.92 Å². The minimum absolute atomic E-state index is 0.0938. The third-order valence-corrected chi connectivity index (χ3v) is 3.80. The van der Waals surface area contributed by atoms with E-state index in [1.54, 1.807) is 11.0 Å². The molecule has 0 unspecified atom stereocenters. The molecule has 1 amide bonds. The van der Waals surface area contributed by atoms with E-state index in [1.807, 2.05) is 25.1 Å². The summed E-state index contributed by atoms with van der Waals surface area (Å²) >= 11 is 6.04. The van der Waals surface area contributed by atoms with Crippen molar-refractivity contribution in [3.05, 3.63) is 40.6 Å². The van der Waals surface area contributed by atoms with Crippen molar-refractivity contribution in [1.82, 2.24) is 10.2 Å². The molecule has 2 N–H and O–H groups in total. The number of nitrogens with zero attached hydrogens (tertiary/aromatic N) is 2. The molecule has 1 heterocycles. The van der Waals surface area contributed by atoms with Crippen LogP contribution in [-0.2, 0) is 4.79 Å². The van der Waals surface area contributed by atoms with Gasteiger partial charge in [-0.25, -0.2) is 0 Å². The second kappa shape index (κ2) is 7.11. The first-order valence-corrected chi connectivity index (χ1v) is 7.13. The van der Waals surface area contributed by atoms with E-state index in [4.69, 9.17) is 11.6 Å². The number of nitriles is 1. The van der Waals surface area contributed by atoms with Crippen LogP contribution in [0.2, 0.25) is 5.02 Å². The number of piperazine rings is 1. The van der Waals surface area contributed by atoms with Crippen LogP contribution in [0, 0.1) is 18.3 Å². The topological polar surface area (TPSA) is 68.2 Å². The zero-order valence-electron chi connectivity index (χ0n) is 11.8. The van der Waals surface area contributed by atoms with Crippen LogP contribution >= 0.6 is 11.6 Å². The fourth-order valence-corrected chi connectivity index (χ4v) is 2.27. The molecule has 1 aliphatic rings. The Bertz CT molecular complexity index is 600. The molecular formula is C15H17ClN4O. The van der Waals surface area contributed by atoms with Gasteiger partial charge in [-0.1, -0.05) is 17.7 Å². The van der Waals surface area contributed by atoms with Gasteiger partial charge < -0.3 is 15.5 Å². The van der Waals surface area contributed by atoms with E-state index in [1.165, 1.54) is 6.20 Å². The maximum absolute atomic E-state index is 12.2. The quantitative estimate of drug-likeness (QED) is 0.661. The van der Waals surface area contributed by atoms with E-state index < -0.39 is 0 Å². The number of carbonyl (C=O) groups excluding carboxylic acids is 1. The maximum Gasteiger partial charge on any atom is 0.266 e. The van der Waals surface area contributed by atoms with Crippen molar-refractivity contribution in [3.63, 3.8) is 0 Å². The predicted molar refractivity (Wildman–Crippen MR) is 83.0 cm³/mol. The summed E-state index contributed by atoms with van der Waals surface area (Å²) in [5.41, 5.74) is 1.75.